The standard InChI is InChI=1S/C13H15N3O2S/c1-13(2,3)11-8-19-12(15-11)14-9-6-4-5-7-10(9)16(17)18/h4-8H,1-3H3,(H,14,15). The highest BCUT2D eigenvalue weighted by Gasteiger charge is 2.19. The van der Waals surface area contributed by atoms with Gasteiger partial charge in [-0.05, 0) is 6.07 Å². The molecule has 0 aliphatic carbocycles. The molecule has 1 aromatic carbocycles. The van der Waals surface area contributed by atoms with Gasteiger partial charge in [0.15, 0.2) is 5.13 Å². The van der Waals surface area contributed by atoms with Crippen molar-refractivity contribution in [1.29, 1.82) is 0 Å². The van der Waals surface area contributed by atoms with Crippen LogP contribution >= 0.6 is 11.3 Å². The molecule has 0 spiro atoms. The van der Waals surface area contributed by atoms with Gasteiger partial charge in [0.1, 0.15) is 5.69 Å². The van der Waals surface area contributed by atoms with E-state index in [4.69, 9.17) is 0 Å². The number of anilines is 2. The Morgan fingerprint density at radius 1 is 1.32 bits per heavy atom. The SMILES string of the molecule is CC(C)(C)c1csc(Nc2ccccc2[N+](=O)[O-])n1. The van der Waals surface area contributed by atoms with Gasteiger partial charge in [0.25, 0.3) is 5.69 Å². The summed E-state index contributed by atoms with van der Waals surface area (Å²) in [5.74, 6) is 0. The van der Waals surface area contributed by atoms with E-state index in [9.17, 15) is 10.1 Å². The second-order valence-corrected chi connectivity index (χ2v) is 6.05. The van der Waals surface area contributed by atoms with Gasteiger partial charge >= 0.3 is 0 Å². The molecule has 100 valence electrons. The molecular weight excluding hydrogens is 262 g/mol. The fraction of sp³-hybridized carbons (Fsp3) is 0.308. The van der Waals surface area contributed by atoms with E-state index in [2.05, 4.69) is 31.1 Å². The molecule has 0 radical (unpaired) electrons. The largest absolute Gasteiger partial charge is 0.326 e. The number of hydrogen-bond donors (Lipinski definition) is 1. The van der Waals surface area contributed by atoms with E-state index >= 15 is 0 Å². The van der Waals surface area contributed by atoms with Gasteiger partial charge in [0.2, 0.25) is 0 Å². The average molecular weight is 277 g/mol. The zero-order chi connectivity index (χ0) is 14.0. The zero-order valence-electron chi connectivity index (χ0n) is 11.0. The zero-order valence-corrected chi connectivity index (χ0v) is 11.8. The van der Waals surface area contributed by atoms with Crippen molar-refractivity contribution in [2.75, 3.05) is 5.32 Å². The minimum atomic E-state index is -0.402. The third-order valence-electron chi connectivity index (χ3n) is 2.61. The summed E-state index contributed by atoms with van der Waals surface area (Å²) in [4.78, 5) is 15.0. The number of nitro groups is 1. The van der Waals surface area contributed by atoms with E-state index in [0.717, 1.165) is 5.69 Å². The number of aromatic nitrogens is 1. The summed E-state index contributed by atoms with van der Waals surface area (Å²) in [6.45, 7) is 6.24. The molecule has 0 saturated heterocycles. The summed E-state index contributed by atoms with van der Waals surface area (Å²) in [5, 5.41) is 16.6. The second-order valence-electron chi connectivity index (χ2n) is 5.19. The third kappa shape index (κ3) is 3.08. The van der Waals surface area contributed by atoms with Gasteiger partial charge in [0.05, 0.1) is 10.6 Å². The highest BCUT2D eigenvalue weighted by Crippen LogP contribution is 2.31. The Kier molecular flexibility index (Phi) is 3.53. The molecule has 6 heteroatoms. The maximum Gasteiger partial charge on any atom is 0.292 e. The van der Waals surface area contributed by atoms with Crippen LogP contribution in [0.2, 0.25) is 0 Å². The predicted octanol–water partition coefficient (Wildman–Crippen LogP) is 4.09. The van der Waals surface area contributed by atoms with Crippen molar-refractivity contribution < 1.29 is 4.92 Å². The maximum absolute atomic E-state index is 10.9. The summed E-state index contributed by atoms with van der Waals surface area (Å²) in [7, 11) is 0. The second kappa shape index (κ2) is 4.97. The van der Waals surface area contributed by atoms with Crippen LogP contribution in [0.25, 0.3) is 0 Å². The molecule has 0 amide bonds. The lowest BCUT2D eigenvalue weighted by Crippen LogP contribution is -2.11. The Labute approximate surface area is 115 Å². The number of para-hydroxylation sites is 2. The first kappa shape index (κ1) is 13.5. The van der Waals surface area contributed by atoms with Gasteiger partial charge in [0, 0.05) is 16.9 Å². The number of nitrogens with zero attached hydrogens (tertiary/aromatic N) is 2. The molecule has 2 rings (SSSR count). The molecule has 0 saturated carbocycles. The number of nitro benzene ring substituents is 1. The molecule has 0 bridgehead atoms. The third-order valence-corrected chi connectivity index (χ3v) is 3.37. The predicted molar refractivity (Wildman–Crippen MR) is 77.2 cm³/mol. The first-order valence-corrected chi connectivity index (χ1v) is 6.72. The lowest BCUT2D eigenvalue weighted by molar-refractivity contribution is -0.383. The highest BCUT2D eigenvalue weighted by molar-refractivity contribution is 7.13. The van der Waals surface area contributed by atoms with Gasteiger partial charge in [-0.3, -0.25) is 10.1 Å². The Morgan fingerprint density at radius 2 is 2.00 bits per heavy atom. The fourth-order valence-corrected chi connectivity index (χ4v) is 2.48. The number of thiazole rings is 1. The van der Waals surface area contributed by atoms with Gasteiger partial charge in [-0.25, -0.2) is 4.98 Å². The molecule has 0 aliphatic heterocycles. The van der Waals surface area contributed by atoms with Crippen molar-refractivity contribution in [3.05, 3.63) is 45.5 Å². The van der Waals surface area contributed by atoms with E-state index in [-0.39, 0.29) is 11.1 Å². The van der Waals surface area contributed by atoms with Crippen molar-refractivity contribution in [2.24, 2.45) is 0 Å². The highest BCUT2D eigenvalue weighted by atomic mass is 32.1. The molecule has 0 aliphatic rings. The van der Waals surface area contributed by atoms with Crippen LogP contribution in [0.3, 0.4) is 0 Å². The van der Waals surface area contributed by atoms with Crippen molar-refractivity contribution in [2.45, 2.75) is 26.2 Å². The lowest BCUT2D eigenvalue weighted by Gasteiger charge is -2.14. The Bertz CT molecular complexity index is 602. The normalized spacial score (nSPS) is 11.3. The van der Waals surface area contributed by atoms with E-state index in [0.29, 0.717) is 10.8 Å². The van der Waals surface area contributed by atoms with Crippen LogP contribution in [-0.2, 0) is 5.41 Å². The molecule has 1 N–H and O–H groups in total. The Hall–Kier alpha value is -1.95. The Balaban J connectivity index is 2.27. The van der Waals surface area contributed by atoms with Crippen molar-refractivity contribution >= 4 is 27.8 Å². The van der Waals surface area contributed by atoms with Gasteiger partial charge < -0.3 is 5.32 Å². The average Bonchev–Trinajstić information content (AvgIpc) is 2.77. The monoisotopic (exact) mass is 277 g/mol. The van der Waals surface area contributed by atoms with E-state index in [1.165, 1.54) is 17.4 Å². The van der Waals surface area contributed by atoms with Crippen LogP contribution in [0.1, 0.15) is 26.5 Å². The van der Waals surface area contributed by atoms with E-state index in [1.807, 2.05) is 5.38 Å². The van der Waals surface area contributed by atoms with E-state index < -0.39 is 4.92 Å². The maximum atomic E-state index is 10.9. The molecule has 0 fully saturated rings. The van der Waals surface area contributed by atoms with Crippen LogP contribution < -0.4 is 5.32 Å². The van der Waals surface area contributed by atoms with Crippen LogP contribution in [-0.4, -0.2) is 9.91 Å². The molecule has 5 nitrogen and oxygen atoms in total. The summed E-state index contributed by atoms with van der Waals surface area (Å²) < 4.78 is 0. The first-order valence-electron chi connectivity index (χ1n) is 5.84. The van der Waals surface area contributed by atoms with Gasteiger partial charge in [-0.15, -0.1) is 11.3 Å². The van der Waals surface area contributed by atoms with Gasteiger partial charge in [-0.1, -0.05) is 32.9 Å². The molecule has 1 aromatic heterocycles. The fourth-order valence-electron chi connectivity index (χ4n) is 1.53. The lowest BCUT2D eigenvalue weighted by atomic mass is 9.93. The number of nitrogens with one attached hydrogen (secondary N) is 1. The van der Waals surface area contributed by atoms with Crippen molar-refractivity contribution in [3.8, 4) is 0 Å². The summed E-state index contributed by atoms with van der Waals surface area (Å²) in [6.07, 6.45) is 0. The molecule has 0 unspecified atom stereocenters. The number of rotatable bonds is 3. The summed E-state index contributed by atoms with van der Waals surface area (Å²) in [6, 6.07) is 6.55. The molecule has 19 heavy (non-hydrogen) atoms. The number of hydrogen-bond acceptors (Lipinski definition) is 5. The van der Waals surface area contributed by atoms with Crippen LogP contribution in [0.4, 0.5) is 16.5 Å². The molecule has 1 heterocycles. The summed E-state index contributed by atoms with van der Waals surface area (Å²) in [5.41, 5.74) is 1.45. The minimum absolute atomic E-state index is 0.0287. The topological polar surface area (TPSA) is 68.1 Å². The van der Waals surface area contributed by atoms with Crippen LogP contribution in [0, 0.1) is 10.1 Å². The van der Waals surface area contributed by atoms with Crippen LogP contribution in [0.15, 0.2) is 29.6 Å². The van der Waals surface area contributed by atoms with Gasteiger partial charge in [-0.2, -0.15) is 0 Å². The molecule has 2 aromatic rings. The van der Waals surface area contributed by atoms with Crippen molar-refractivity contribution in [1.82, 2.24) is 4.98 Å². The van der Waals surface area contributed by atoms with Crippen LogP contribution in [0.5, 0.6) is 0 Å². The molecular formula is C13H15N3O2S. The smallest absolute Gasteiger partial charge is 0.292 e. The first-order chi connectivity index (χ1) is 8.88. The Morgan fingerprint density at radius 3 is 2.58 bits per heavy atom. The van der Waals surface area contributed by atoms with Crippen molar-refractivity contribution in [3.63, 3.8) is 0 Å². The number of benzene rings is 1. The van der Waals surface area contributed by atoms with E-state index in [1.54, 1.807) is 18.2 Å². The summed E-state index contributed by atoms with van der Waals surface area (Å²) >= 11 is 1.45. The molecule has 0 atom stereocenters. The minimum Gasteiger partial charge on any atom is -0.326 e. The quantitative estimate of drug-likeness (QED) is 0.677.